The number of carbonyl (C=O) groups is 4. The van der Waals surface area contributed by atoms with E-state index in [0.717, 1.165) is 6.92 Å². The monoisotopic (exact) mass is 435 g/mol. The van der Waals surface area contributed by atoms with E-state index in [4.69, 9.17) is 9.47 Å². The van der Waals surface area contributed by atoms with Crippen molar-refractivity contribution >= 4 is 23.9 Å². The van der Waals surface area contributed by atoms with Gasteiger partial charge in [0.05, 0.1) is 13.0 Å². The molecule has 13 heteroatoms. The number of ether oxygens (including phenoxy) is 2. The number of hydrogen-bond acceptors (Lipinski definition) is 9. The summed E-state index contributed by atoms with van der Waals surface area (Å²) in [6.45, 7) is 5.19. The van der Waals surface area contributed by atoms with Crippen LogP contribution in [0.2, 0.25) is 0 Å². The lowest BCUT2D eigenvalue weighted by Crippen LogP contribution is -2.68. The van der Waals surface area contributed by atoms with Crippen LogP contribution in [0.4, 0.5) is 4.79 Å². The van der Waals surface area contributed by atoms with Crippen molar-refractivity contribution in [2.24, 2.45) is 0 Å². The lowest BCUT2D eigenvalue weighted by molar-refractivity contribution is -0.203. The summed E-state index contributed by atoms with van der Waals surface area (Å²) in [4.78, 5) is 46.9. The zero-order valence-electron chi connectivity index (χ0n) is 17.1. The van der Waals surface area contributed by atoms with Gasteiger partial charge in [-0.3, -0.25) is 9.59 Å². The first-order valence-electron chi connectivity index (χ1n) is 9.16. The summed E-state index contributed by atoms with van der Waals surface area (Å²) in [5.41, 5.74) is -0.882. The number of hydrogen-bond donors (Lipinski definition) is 7. The Balaban J connectivity index is 2.85. The second kappa shape index (κ2) is 10.5. The Labute approximate surface area is 172 Å². The van der Waals surface area contributed by atoms with Crippen LogP contribution < -0.4 is 16.0 Å². The van der Waals surface area contributed by atoms with E-state index in [1.807, 2.05) is 0 Å². The average Bonchev–Trinajstić information content (AvgIpc) is 2.58. The van der Waals surface area contributed by atoms with Gasteiger partial charge in [0.25, 0.3) is 0 Å². The fourth-order valence-electron chi connectivity index (χ4n) is 2.69. The predicted octanol–water partition coefficient (Wildman–Crippen LogP) is -2.59. The van der Waals surface area contributed by atoms with Gasteiger partial charge in [0, 0.05) is 6.92 Å². The van der Waals surface area contributed by atoms with Gasteiger partial charge in [0.2, 0.25) is 11.8 Å². The minimum absolute atomic E-state index is 0.591. The van der Waals surface area contributed by atoms with Crippen LogP contribution in [0.25, 0.3) is 0 Å². The molecule has 30 heavy (non-hydrogen) atoms. The first kappa shape index (κ1) is 25.6. The third kappa shape index (κ3) is 7.74. The minimum atomic E-state index is -1.63. The summed E-state index contributed by atoms with van der Waals surface area (Å²) in [6, 6.07) is -2.90. The lowest BCUT2D eigenvalue weighted by Gasteiger charge is -2.42. The number of aliphatic hydroxyl groups excluding tert-OH is 3. The van der Waals surface area contributed by atoms with Crippen LogP contribution in [0.5, 0.6) is 0 Å². The van der Waals surface area contributed by atoms with E-state index in [1.165, 1.54) is 0 Å². The van der Waals surface area contributed by atoms with Crippen molar-refractivity contribution in [3.63, 3.8) is 0 Å². The fraction of sp³-hybridized carbons (Fsp3) is 0.765. The SMILES string of the molecule is CC(=O)NC1C(O)[C@H](O)C(CO)O[C@H]1NC(=O)C[C@@H](NC(=O)OC(C)(C)C)C(=O)O. The normalized spacial score (nSPS) is 27.5. The summed E-state index contributed by atoms with van der Waals surface area (Å²) < 4.78 is 10.3. The molecular weight excluding hydrogens is 406 g/mol. The lowest BCUT2D eigenvalue weighted by atomic mass is 9.95. The minimum Gasteiger partial charge on any atom is -0.480 e. The summed E-state index contributed by atoms with van der Waals surface area (Å²) >= 11 is 0. The predicted molar refractivity (Wildman–Crippen MR) is 98.9 cm³/mol. The Bertz CT molecular complexity index is 650. The standard InChI is InChI=1S/C17H29N3O10/c1-7(22)18-11-13(25)12(24)9(6-21)29-14(11)20-10(23)5-8(15(26)27)19-16(28)30-17(2,3)4/h8-9,11-14,21,24-25H,5-6H2,1-4H3,(H,18,22)(H,19,28)(H,20,23)(H,26,27)/t8-,9?,11?,12-,13?,14-/m1/s1. The van der Waals surface area contributed by atoms with Crippen LogP contribution in [0.3, 0.4) is 0 Å². The van der Waals surface area contributed by atoms with Gasteiger partial charge in [-0.05, 0) is 20.8 Å². The second-order valence-corrected chi connectivity index (χ2v) is 7.79. The molecule has 1 fully saturated rings. The highest BCUT2D eigenvalue weighted by Gasteiger charge is 2.45. The zero-order valence-corrected chi connectivity index (χ0v) is 17.1. The van der Waals surface area contributed by atoms with Gasteiger partial charge < -0.3 is 45.9 Å². The van der Waals surface area contributed by atoms with Gasteiger partial charge in [-0.15, -0.1) is 0 Å². The van der Waals surface area contributed by atoms with Crippen LogP contribution in [-0.4, -0.2) is 93.1 Å². The maximum absolute atomic E-state index is 12.3. The number of carboxylic acid groups (broad SMARTS) is 1. The van der Waals surface area contributed by atoms with Crippen LogP contribution in [0.15, 0.2) is 0 Å². The molecule has 1 saturated heterocycles. The van der Waals surface area contributed by atoms with Crippen LogP contribution in [0, 0.1) is 0 Å². The highest BCUT2D eigenvalue weighted by atomic mass is 16.6. The Hall–Kier alpha value is -2.48. The molecule has 3 unspecified atom stereocenters. The summed E-state index contributed by atoms with van der Waals surface area (Å²) in [7, 11) is 0. The molecule has 6 atom stereocenters. The molecule has 3 amide bonds. The molecule has 0 aromatic carbocycles. The number of carbonyl (C=O) groups excluding carboxylic acids is 3. The van der Waals surface area contributed by atoms with Crippen molar-refractivity contribution in [2.75, 3.05) is 6.61 Å². The number of nitrogens with one attached hydrogen (secondary N) is 3. The van der Waals surface area contributed by atoms with E-state index in [-0.39, 0.29) is 0 Å². The average molecular weight is 435 g/mol. The summed E-state index contributed by atoms with van der Waals surface area (Å²) in [6.07, 6.45) is -7.52. The zero-order chi connectivity index (χ0) is 23.2. The third-order valence-electron chi connectivity index (χ3n) is 3.98. The molecule has 172 valence electrons. The van der Waals surface area contributed by atoms with E-state index in [0.29, 0.717) is 0 Å². The van der Waals surface area contributed by atoms with Gasteiger partial charge in [-0.1, -0.05) is 0 Å². The van der Waals surface area contributed by atoms with Crippen molar-refractivity contribution in [1.29, 1.82) is 0 Å². The maximum Gasteiger partial charge on any atom is 0.408 e. The quantitative estimate of drug-likeness (QED) is 0.222. The molecule has 0 aromatic rings. The fourth-order valence-corrected chi connectivity index (χ4v) is 2.69. The first-order chi connectivity index (χ1) is 13.7. The van der Waals surface area contributed by atoms with E-state index in [9.17, 15) is 39.6 Å². The molecular formula is C17H29N3O10. The van der Waals surface area contributed by atoms with Crippen molar-refractivity contribution < 1.29 is 49.1 Å². The Morgan fingerprint density at radius 1 is 1.10 bits per heavy atom. The molecule has 0 saturated carbocycles. The van der Waals surface area contributed by atoms with Crippen molar-refractivity contribution in [1.82, 2.24) is 16.0 Å². The molecule has 7 N–H and O–H groups in total. The molecule has 1 heterocycles. The van der Waals surface area contributed by atoms with E-state index in [2.05, 4.69) is 16.0 Å². The van der Waals surface area contributed by atoms with Crippen molar-refractivity contribution in [3.05, 3.63) is 0 Å². The molecule has 0 radical (unpaired) electrons. The van der Waals surface area contributed by atoms with Gasteiger partial charge in [0.1, 0.15) is 36.0 Å². The van der Waals surface area contributed by atoms with E-state index >= 15 is 0 Å². The molecule has 0 bridgehead atoms. The van der Waals surface area contributed by atoms with Gasteiger partial charge in [-0.2, -0.15) is 0 Å². The largest absolute Gasteiger partial charge is 0.480 e. The molecule has 0 spiro atoms. The molecule has 0 aliphatic carbocycles. The number of aliphatic hydroxyl groups is 3. The highest BCUT2D eigenvalue weighted by molar-refractivity contribution is 5.87. The Morgan fingerprint density at radius 3 is 2.17 bits per heavy atom. The number of carboxylic acids is 1. The number of rotatable bonds is 7. The van der Waals surface area contributed by atoms with Gasteiger partial charge >= 0.3 is 12.1 Å². The third-order valence-corrected chi connectivity index (χ3v) is 3.98. The molecule has 1 rings (SSSR count). The van der Waals surface area contributed by atoms with E-state index in [1.54, 1.807) is 20.8 Å². The topological polar surface area (TPSA) is 204 Å². The number of aliphatic carboxylic acids is 1. The molecule has 1 aliphatic heterocycles. The number of amides is 3. The van der Waals surface area contributed by atoms with Gasteiger partial charge in [0.15, 0.2) is 6.23 Å². The molecule has 13 nitrogen and oxygen atoms in total. The summed E-state index contributed by atoms with van der Waals surface area (Å²) in [5, 5.41) is 45.3. The van der Waals surface area contributed by atoms with E-state index < -0.39 is 79.1 Å². The Morgan fingerprint density at radius 2 is 1.70 bits per heavy atom. The van der Waals surface area contributed by atoms with Crippen molar-refractivity contribution in [2.45, 2.75) is 76.3 Å². The Kier molecular flexibility index (Phi) is 8.96. The second-order valence-electron chi connectivity index (χ2n) is 7.79. The maximum atomic E-state index is 12.3. The molecule has 0 aromatic heterocycles. The summed E-state index contributed by atoms with van der Waals surface area (Å²) in [5.74, 6) is -2.99. The van der Waals surface area contributed by atoms with Crippen molar-refractivity contribution in [3.8, 4) is 0 Å². The smallest absolute Gasteiger partial charge is 0.408 e. The first-order valence-corrected chi connectivity index (χ1v) is 9.16. The van der Waals surface area contributed by atoms with Gasteiger partial charge in [-0.25, -0.2) is 9.59 Å². The molecule has 1 aliphatic rings. The number of alkyl carbamates (subject to hydrolysis) is 1. The van der Waals surface area contributed by atoms with Crippen LogP contribution in [0.1, 0.15) is 34.1 Å². The van der Waals surface area contributed by atoms with Crippen LogP contribution >= 0.6 is 0 Å². The highest BCUT2D eigenvalue weighted by Crippen LogP contribution is 2.20. The van der Waals surface area contributed by atoms with Crippen LogP contribution in [-0.2, 0) is 23.9 Å².